The van der Waals surface area contributed by atoms with Gasteiger partial charge in [0.05, 0.1) is 0 Å². The molecule has 2 N–H and O–H groups in total. The molecule has 0 saturated carbocycles. The summed E-state index contributed by atoms with van der Waals surface area (Å²) in [6.07, 6.45) is 0.849. The van der Waals surface area contributed by atoms with Crippen LogP contribution in [0.25, 0.3) is 0 Å². The number of halogens is 1. The van der Waals surface area contributed by atoms with E-state index in [1.165, 1.54) is 5.56 Å². The van der Waals surface area contributed by atoms with Crippen molar-refractivity contribution in [3.05, 3.63) is 70.2 Å². The average Bonchev–Trinajstić information content (AvgIpc) is 2.34. The lowest BCUT2D eigenvalue weighted by Crippen LogP contribution is -2.13. The van der Waals surface area contributed by atoms with E-state index in [0.717, 1.165) is 22.6 Å². The topological polar surface area (TPSA) is 26.0 Å². The highest BCUT2D eigenvalue weighted by Crippen LogP contribution is 2.21. The first-order valence-electron chi connectivity index (χ1n) is 5.72. The molecule has 0 amide bonds. The van der Waals surface area contributed by atoms with Crippen molar-refractivity contribution in [2.45, 2.75) is 19.4 Å². The first-order chi connectivity index (χ1) is 8.16. The standard InChI is InChI=1S/C15H16ClN/c1-11-9-13(7-8-14(11)16)15(17)10-12-5-3-2-4-6-12/h2-9,15H,10,17H2,1H3. The van der Waals surface area contributed by atoms with Gasteiger partial charge in [-0.1, -0.05) is 54.1 Å². The molecule has 0 aromatic heterocycles. The van der Waals surface area contributed by atoms with Gasteiger partial charge in [-0.25, -0.2) is 0 Å². The van der Waals surface area contributed by atoms with Crippen LogP contribution in [-0.2, 0) is 6.42 Å². The van der Waals surface area contributed by atoms with Crippen LogP contribution in [0.15, 0.2) is 48.5 Å². The van der Waals surface area contributed by atoms with Crippen LogP contribution in [-0.4, -0.2) is 0 Å². The van der Waals surface area contributed by atoms with Gasteiger partial charge in [0, 0.05) is 11.1 Å². The smallest absolute Gasteiger partial charge is 0.0435 e. The molecule has 2 heteroatoms. The first kappa shape index (κ1) is 12.2. The number of aryl methyl sites for hydroxylation is 1. The third-order valence-corrected chi connectivity index (χ3v) is 3.33. The molecule has 0 radical (unpaired) electrons. The van der Waals surface area contributed by atoms with E-state index in [1.807, 2.05) is 37.3 Å². The Kier molecular flexibility index (Phi) is 3.82. The summed E-state index contributed by atoms with van der Waals surface area (Å²) in [7, 11) is 0. The second kappa shape index (κ2) is 5.35. The number of hydrogen-bond acceptors (Lipinski definition) is 1. The van der Waals surface area contributed by atoms with E-state index >= 15 is 0 Å². The molecule has 0 saturated heterocycles. The molecule has 0 fully saturated rings. The van der Waals surface area contributed by atoms with Crippen LogP contribution in [0.3, 0.4) is 0 Å². The van der Waals surface area contributed by atoms with Crippen molar-refractivity contribution in [3.8, 4) is 0 Å². The van der Waals surface area contributed by atoms with Crippen molar-refractivity contribution < 1.29 is 0 Å². The molecule has 0 heterocycles. The van der Waals surface area contributed by atoms with E-state index in [1.54, 1.807) is 0 Å². The highest BCUT2D eigenvalue weighted by molar-refractivity contribution is 6.31. The van der Waals surface area contributed by atoms with Crippen molar-refractivity contribution in [3.63, 3.8) is 0 Å². The van der Waals surface area contributed by atoms with Gasteiger partial charge in [-0.2, -0.15) is 0 Å². The summed E-state index contributed by atoms with van der Waals surface area (Å²) in [5.41, 5.74) is 9.67. The highest BCUT2D eigenvalue weighted by atomic mass is 35.5. The van der Waals surface area contributed by atoms with Gasteiger partial charge in [0.2, 0.25) is 0 Å². The normalized spacial score (nSPS) is 12.4. The van der Waals surface area contributed by atoms with E-state index in [-0.39, 0.29) is 6.04 Å². The zero-order valence-electron chi connectivity index (χ0n) is 9.86. The molecule has 1 nitrogen and oxygen atoms in total. The Labute approximate surface area is 107 Å². The van der Waals surface area contributed by atoms with Crippen LogP contribution < -0.4 is 5.73 Å². The van der Waals surface area contributed by atoms with Gasteiger partial charge in [0.1, 0.15) is 0 Å². The summed E-state index contributed by atoms with van der Waals surface area (Å²) in [6.45, 7) is 2.00. The minimum atomic E-state index is 0.0216. The first-order valence-corrected chi connectivity index (χ1v) is 6.10. The molecular formula is C15H16ClN. The van der Waals surface area contributed by atoms with Gasteiger partial charge in [-0.3, -0.25) is 0 Å². The molecule has 0 aliphatic carbocycles. The Bertz CT molecular complexity index is 494. The second-order valence-corrected chi connectivity index (χ2v) is 4.71. The fourth-order valence-corrected chi connectivity index (χ4v) is 2.00. The maximum atomic E-state index is 6.20. The van der Waals surface area contributed by atoms with Gasteiger partial charge < -0.3 is 5.73 Å². The summed E-state index contributed by atoms with van der Waals surface area (Å²) < 4.78 is 0. The van der Waals surface area contributed by atoms with Crippen LogP contribution in [0.2, 0.25) is 5.02 Å². The molecule has 2 rings (SSSR count). The Hall–Kier alpha value is -1.31. The monoisotopic (exact) mass is 245 g/mol. The largest absolute Gasteiger partial charge is 0.324 e. The number of rotatable bonds is 3. The fraction of sp³-hybridized carbons (Fsp3) is 0.200. The van der Waals surface area contributed by atoms with Crippen LogP contribution in [0.4, 0.5) is 0 Å². The third kappa shape index (κ3) is 3.09. The molecule has 2 aromatic carbocycles. The number of nitrogens with two attached hydrogens (primary N) is 1. The lowest BCUT2D eigenvalue weighted by Gasteiger charge is -2.13. The molecule has 17 heavy (non-hydrogen) atoms. The zero-order valence-corrected chi connectivity index (χ0v) is 10.6. The third-order valence-electron chi connectivity index (χ3n) is 2.91. The summed E-state index contributed by atoms with van der Waals surface area (Å²) in [4.78, 5) is 0. The Balaban J connectivity index is 2.14. The fourth-order valence-electron chi connectivity index (χ4n) is 1.88. The summed E-state index contributed by atoms with van der Waals surface area (Å²) in [6, 6.07) is 16.3. The Morgan fingerprint density at radius 3 is 2.47 bits per heavy atom. The molecule has 0 aliphatic rings. The SMILES string of the molecule is Cc1cc(C(N)Cc2ccccc2)ccc1Cl. The molecule has 1 unspecified atom stereocenters. The lowest BCUT2D eigenvalue weighted by molar-refractivity contribution is 0.721. The van der Waals surface area contributed by atoms with Crippen LogP contribution >= 0.6 is 11.6 Å². The maximum Gasteiger partial charge on any atom is 0.0435 e. The quantitative estimate of drug-likeness (QED) is 0.872. The molecule has 88 valence electrons. The van der Waals surface area contributed by atoms with Gasteiger partial charge in [-0.15, -0.1) is 0 Å². The second-order valence-electron chi connectivity index (χ2n) is 4.30. The Morgan fingerprint density at radius 1 is 1.12 bits per heavy atom. The average molecular weight is 246 g/mol. The van der Waals surface area contributed by atoms with Crippen LogP contribution in [0.5, 0.6) is 0 Å². The predicted molar refractivity (Wildman–Crippen MR) is 73.3 cm³/mol. The molecular weight excluding hydrogens is 230 g/mol. The molecule has 0 aliphatic heterocycles. The molecule has 0 spiro atoms. The van der Waals surface area contributed by atoms with Crippen molar-refractivity contribution in [1.29, 1.82) is 0 Å². The summed E-state index contributed by atoms with van der Waals surface area (Å²) in [5.74, 6) is 0. The van der Waals surface area contributed by atoms with E-state index in [9.17, 15) is 0 Å². The predicted octanol–water partition coefficient (Wildman–Crippen LogP) is 3.89. The van der Waals surface area contributed by atoms with E-state index in [4.69, 9.17) is 17.3 Å². The van der Waals surface area contributed by atoms with Crippen molar-refractivity contribution in [1.82, 2.24) is 0 Å². The molecule has 0 bridgehead atoms. The summed E-state index contributed by atoms with van der Waals surface area (Å²) in [5, 5.41) is 0.792. The Morgan fingerprint density at radius 2 is 1.82 bits per heavy atom. The van der Waals surface area contributed by atoms with E-state index in [0.29, 0.717) is 0 Å². The summed E-state index contributed by atoms with van der Waals surface area (Å²) >= 11 is 6.00. The van der Waals surface area contributed by atoms with Crippen LogP contribution in [0.1, 0.15) is 22.7 Å². The van der Waals surface area contributed by atoms with Gasteiger partial charge in [0.15, 0.2) is 0 Å². The van der Waals surface area contributed by atoms with Gasteiger partial charge in [-0.05, 0) is 36.1 Å². The van der Waals surface area contributed by atoms with Crippen molar-refractivity contribution in [2.75, 3.05) is 0 Å². The molecule has 2 aromatic rings. The van der Waals surface area contributed by atoms with Gasteiger partial charge >= 0.3 is 0 Å². The maximum absolute atomic E-state index is 6.20. The highest BCUT2D eigenvalue weighted by Gasteiger charge is 2.08. The molecule has 1 atom stereocenters. The van der Waals surface area contributed by atoms with Crippen LogP contribution in [0, 0.1) is 6.92 Å². The number of benzene rings is 2. The van der Waals surface area contributed by atoms with Crippen molar-refractivity contribution in [2.24, 2.45) is 5.73 Å². The van der Waals surface area contributed by atoms with Gasteiger partial charge in [0.25, 0.3) is 0 Å². The minimum absolute atomic E-state index is 0.0216. The minimum Gasteiger partial charge on any atom is -0.324 e. The van der Waals surface area contributed by atoms with E-state index in [2.05, 4.69) is 18.2 Å². The zero-order chi connectivity index (χ0) is 12.3. The van der Waals surface area contributed by atoms with Crippen molar-refractivity contribution >= 4 is 11.6 Å². The van der Waals surface area contributed by atoms with E-state index < -0.39 is 0 Å². The lowest BCUT2D eigenvalue weighted by atomic mass is 9.98. The number of hydrogen-bond donors (Lipinski definition) is 1.